The maximum absolute atomic E-state index is 5.45. The molecule has 0 bridgehead atoms. The predicted octanol–water partition coefficient (Wildman–Crippen LogP) is 3.62. The average Bonchev–Trinajstić information content (AvgIpc) is 2.77. The summed E-state index contributed by atoms with van der Waals surface area (Å²) < 4.78 is 7.39. The summed E-state index contributed by atoms with van der Waals surface area (Å²) in [6, 6.07) is 6.64. The quantitative estimate of drug-likeness (QED) is 0.826. The molecule has 1 atom stereocenters. The Hall–Kier alpha value is -1.46. The first-order valence-corrected chi connectivity index (χ1v) is 8.64. The largest absolute Gasteiger partial charge is 0.496 e. The SMILES string of the molecule is COc1cc(CN[C@H](C)c2c(C)nn(C)c2C)ccc1SC. The molecule has 0 unspecified atom stereocenters. The molecule has 5 heteroatoms. The van der Waals surface area contributed by atoms with Gasteiger partial charge in [0.2, 0.25) is 0 Å². The van der Waals surface area contributed by atoms with Crippen LogP contribution < -0.4 is 10.1 Å². The van der Waals surface area contributed by atoms with Crippen molar-refractivity contribution in [3.8, 4) is 5.75 Å². The second-order valence-electron chi connectivity index (χ2n) is 5.50. The molecule has 120 valence electrons. The van der Waals surface area contributed by atoms with Crippen molar-refractivity contribution >= 4 is 11.8 Å². The molecular weight excluding hydrogens is 294 g/mol. The van der Waals surface area contributed by atoms with Crippen LogP contribution in [0.3, 0.4) is 0 Å². The Kier molecular flexibility index (Phi) is 5.53. The molecule has 0 spiro atoms. The van der Waals surface area contributed by atoms with Crippen LogP contribution in [0.15, 0.2) is 23.1 Å². The summed E-state index contributed by atoms with van der Waals surface area (Å²) in [5, 5.41) is 8.07. The van der Waals surface area contributed by atoms with E-state index in [4.69, 9.17) is 4.74 Å². The highest BCUT2D eigenvalue weighted by Gasteiger charge is 2.16. The van der Waals surface area contributed by atoms with E-state index in [1.807, 2.05) is 11.7 Å². The van der Waals surface area contributed by atoms with E-state index < -0.39 is 0 Å². The van der Waals surface area contributed by atoms with Crippen molar-refractivity contribution in [3.63, 3.8) is 0 Å². The Bertz CT molecular complexity index is 652. The van der Waals surface area contributed by atoms with Gasteiger partial charge in [0.15, 0.2) is 0 Å². The lowest BCUT2D eigenvalue weighted by Crippen LogP contribution is -2.19. The molecule has 4 nitrogen and oxygen atoms in total. The van der Waals surface area contributed by atoms with E-state index in [-0.39, 0.29) is 6.04 Å². The number of methoxy groups -OCH3 is 1. The van der Waals surface area contributed by atoms with E-state index in [0.717, 1.165) is 18.0 Å². The lowest BCUT2D eigenvalue weighted by Gasteiger charge is -2.16. The van der Waals surface area contributed by atoms with Crippen molar-refractivity contribution in [1.82, 2.24) is 15.1 Å². The van der Waals surface area contributed by atoms with Crippen LogP contribution in [0.4, 0.5) is 0 Å². The molecule has 1 aromatic heterocycles. The van der Waals surface area contributed by atoms with Crippen molar-refractivity contribution < 1.29 is 4.74 Å². The molecule has 1 N–H and O–H groups in total. The average molecular weight is 319 g/mol. The van der Waals surface area contributed by atoms with Crippen LogP contribution in [0.25, 0.3) is 0 Å². The minimum atomic E-state index is 0.264. The van der Waals surface area contributed by atoms with E-state index in [2.05, 4.69) is 55.6 Å². The summed E-state index contributed by atoms with van der Waals surface area (Å²) in [5.74, 6) is 0.938. The van der Waals surface area contributed by atoms with Gasteiger partial charge in [0.1, 0.15) is 5.75 Å². The van der Waals surface area contributed by atoms with E-state index in [1.54, 1.807) is 18.9 Å². The van der Waals surface area contributed by atoms with Gasteiger partial charge in [-0.2, -0.15) is 5.10 Å². The number of thioether (sulfide) groups is 1. The Balaban J connectivity index is 2.09. The summed E-state index contributed by atoms with van der Waals surface area (Å²) in [6.45, 7) is 7.17. The number of benzene rings is 1. The van der Waals surface area contributed by atoms with E-state index >= 15 is 0 Å². The molecule has 0 fully saturated rings. The van der Waals surface area contributed by atoms with Crippen LogP contribution in [-0.2, 0) is 13.6 Å². The number of nitrogens with one attached hydrogen (secondary N) is 1. The van der Waals surface area contributed by atoms with Crippen molar-refractivity contribution in [2.45, 2.75) is 38.3 Å². The molecule has 1 aromatic carbocycles. The zero-order chi connectivity index (χ0) is 16.3. The Morgan fingerprint density at radius 2 is 2.09 bits per heavy atom. The molecule has 0 saturated carbocycles. The fourth-order valence-corrected chi connectivity index (χ4v) is 3.33. The highest BCUT2D eigenvalue weighted by atomic mass is 32.2. The van der Waals surface area contributed by atoms with Gasteiger partial charge < -0.3 is 10.1 Å². The van der Waals surface area contributed by atoms with Crippen LogP contribution >= 0.6 is 11.8 Å². The first kappa shape index (κ1) is 16.9. The summed E-state index contributed by atoms with van der Waals surface area (Å²) >= 11 is 1.70. The molecule has 2 rings (SSSR count). The monoisotopic (exact) mass is 319 g/mol. The van der Waals surface area contributed by atoms with Crippen LogP contribution in [0.5, 0.6) is 5.75 Å². The molecule has 0 amide bonds. The van der Waals surface area contributed by atoms with Crippen LogP contribution in [0.1, 0.15) is 35.5 Å². The molecule has 22 heavy (non-hydrogen) atoms. The molecule has 0 saturated heterocycles. The van der Waals surface area contributed by atoms with Gasteiger partial charge in [-0.25, -0.2) is 0 Å². The standard InChI is InChI=1S/C17H25N3OS/c1-11(17-12(2)19-20(4)13(17)3)18-10-14-7-8-16(22-6)15(9-14)21-5/h7-9,11,18H,10H2,1-6H3/t11-/m1/s1. The van der Waals surface area contributed by atoms with Crippen molar-refractivity contribution in [2.24, 2.45) is 7.05 Å². The highest BCUT2D eigenvalue weighted by molar-refractivity contribution is 7.98. The fourth-order valence-electron chi connectivity index (χ4n) is 2.78. The fraction of sp³-hybridized carbons (Fsp3) is 0.471. The molecule has 0 aliphatic heterocycles. The van der Waals surface area contributed by atoms with Gasteiger partial charge in [-0.15, -0.1) is 11.8 Å². The third kappa shape index (κ3) is 3.47. The Morgan fingerprint density at radius 3 is 2.64 bits per heavy atom. The van der Waals surface area contributed by atoms with Crippen molar-refractivity contribution in [3.05, 3.63) is 40.7 Å². The van der Waals surface area contributed by atoms with Gasteiger partial charge in [-0.05, 0) is 44.7 Å². The molecule has 0 aliphatic rings. The van der Waals surface area contributed by atoms with E-state index in [1.165, 1.54) is 21.7 Å². The van der Waals surface area contributed by atoms with Crippen LogP contribution in [0.2, 0.25) is 0 Å². The topological polar surface area (TPSA) is 39.1 Å². The predicted molar refractivity (Wildman–Crippen MR) is 92.7 cm³/mol. The lowest BCUT2D eigenvalue weighted by molar-refractivity contribution is 0.404. The third-order valence-corrected chi connectivity index (χ3v) is 4.84. The highest BCUT2D eigenvalue weighted by Crippen LogP contribution is 2.28. The van der Waals surface area contributed by atoms with Gasteiger partial charge in [0.05, 0.1) is 12.8 Å². The molecule has 1 heterocycles. The maximum atomic E-state index is 5.45. The van der Waals surface area contributed by atoms with Gasteiger partial charge in [0.25, 0.3) is 0 Å². The minimum Gasteiger partial charge on any atom is -0.496 e. The van der Waals surface area contributed by atoms with Crippen molar-refractivity contribution in [1.29, 1.82) is 0 Å². The lowest BCUT2D eigenvalue weighted by atomic mass is 10.1. The number of nitrogens with zero attached hydrogens (tertiary/aromatic N) is 2. The summed E-state index contributed by atoms with van der Waals surface area (Å²) in [7, 11) is 3.71. The normalized spacial score (nSPS) is 12.5. The summed E-state index contributed by atoms with van der Waals surface area (Å²) in [5.41, 5.74) is 4.82. The zero-order valence-corrected chi connectivity index (χ0v) is 15.0. The Labute approximate surface area is 137 Å². The molecule has 0 radical (unpaired) electrons. The van der Waals surface area contributed by atoms with E-state index in [9.17, 15) is 0 Å². The van der Waals surface area contributed by atoms with Gasteiger partial charge in [-0.1, -0.05) is 6.07 Å². The number of rotatable bonds is 6. The van der Waals surface area contributed by atoms with Gasteiger partial charge in [-0.3, -0.25) is 4.68 Å². The number of hydrogen-bond donors (Lipinski definition) is 1. The second-order valence-corrected chi connectivity index (χ2v) is 6.35. The van der Waals surface area contributed by atoms with Crippen LogP contribution in [-0.4, -0.2) is 23.1 Å². The first-order valence-electron chi connectivity index (χ1n) is 7.42. The Morgan fingerprint density at radius 1 is 1.36 bits per heavy atom. The maximum Gasteiger partial charge on any atom is 0.132 e. The minimum absolute atomic E-state index is 0.264. The summed E-state index contributed by atoms with van der Waals surface area (Å²) in [4.78, 5) is 1.17. The van der Waals surface area contributed by atoms with Gasteiger partial charge >= 0.3 is 0 Å². The molecule has 0 aliphatic carbocycles. The second kappa shape index (κ2) is 7.20. The number of aryl methyl sites for hydroxylation is 2. The van der Waals surface area contributed by atoms with E-state index in [0.29, 0.717) is 0 Å². The molecule has 2 aromatic rings. The third-order valence-electron chi connectivity index (χ3n) is 4.06. The zero-order valence-electron chi connectivity index (χ0n) is 14.2. The number of hydrogen-bond acceptors (Lipinski definition) is 4. The molecular formula is C17H25N3OS. The van der Waals surface area contributed by atoms with Gasteiger partial charge in [0, 0.05) is 35.8 Å². The van der Waals surface area contributed by atoms with Crippen LogP contribution in [0, 0.1) is 13.8 Å². The number of ether oxygens (including phenoxy) is 1. The smallest absolute Gasteiger partial charge is 0.132 e. The van der Waals surface area contributed by atoms with Crippen molar-refractivity contribution in [2.75, 3.05) is 13.4 Å². The first-order chi connectivity index (χ1) is 10.5. The number of aromatic nitrogens is 2. The summed E-state index contributed by atoms with van der Waals surface area (Å²) in [6.07, 6.45) is 2.06.